The number of benzene rings is 2. The lowest BCUT2D eigenvalue weighted by molar-refractivity contribution is -0.120. The third kappa shape index (κ3) is 4.48. The van der Waals surface area contributed by atoms with Gasteiger partial charge in [-0.1, -0.05) is 17.7 Å². The zero-order chi connectivity index (χ0) is 20.3. The van der Waals surface area contributed by atoms with Crippen molar-refractivity contribution < 1.29 is 17.9 Å². The van der Waals surface area contributed by atoms with Gasteiger partial charge in [0.05, 0.1) is 17.9 Å². The van der Waals surface area contributed by atoms with Crippen molar-refractivity contribution in [3.63, 3.8) is 0 Å². The molecule has 0 aromatic heterocycles. The molecule has 0 bridgehead atoms. The monoisotopic (exact) mass is 422 g/mol. The maximum absolute atomic E-state index is 12.9. The van der Waals surface area contributed by atoms with Crippen LogP contribution in [0.1, 0.15) is 18.4 Å². The minimum absolute atomic E-state index is 0.153. The van der Waals surface area contributed by atoms with Gasteiger partial charge in [0.1, 0.15) is 5.75 Å². The number of hydrogen-bond acceptors (Lipinski definition) is 4. The predicted molar refractivity (Wildman–Crippen MR) is 109 cm³/mol. The lowest BCUT2D eigenvalue weighted by Crippen LogP contribution is -2.43. The molecule has 0 saturated carbocycles. The number of methoxy groups -OCH3 is 1. The number of hydrogen-bond donors (Lipinski definition) is 1. The number of ether oxygens (including phenoxy) is 1. The first-order valence-electron chi connectivity index (χ1n) is 9.02. The second-order valence-corrected chi connectivity index (χ2v) is 9.18. The maximum atomic E-state index is 12.9. The number of halogens is 1. The van der Waals surface area contributed by atoms with Crippen molar-refractivity contribution in [2.24, 2.45) is 5.92 Å². The minimum atomic E-state index is -3.66. The van der Waals surface area contributed by atoms with Gasteiger partial charge in [0.2, 0.25) is 15.9 Å². The van der Waals surface area contributed by atoms with Crippen molar-refractivity contribution in [3.05, 3.63) is 53.1 Å². The summed E-state index contributed by atoms with van der Waals surface area (Å²) in [4.78, 5) is 12.9. The Morgan fingerprint density at radius 2 is 1.93 bits per heavy atom. The first-order chi connectivity index (χ1) is 13.3. The maximum Gasteiger partial charge on any atom is 0.243 e. The fourth-order valence-electron chi connectivity index (χ4n) is 3.19. The van der Waals surface area contributed by atoms with Gasteiger partial charge in [-0.3, -0.25) is 4.79 Å². The first-order valence-corrected chi connectivity index (χ1v) is 10.8. The zero-order valence-electron chi connectivity index (χ0n) is 15.8. The van der Waals surface area contributed by atoms with Gasteiger partial charge in [0.25, 0.3) is 0 Å². The van der Waals surface area contributed by atoms with E-state index in [2.05, 4.69) is 5.32 Å². The molecule has 150 valence electrons. The van der Waals surface area contributed by atoms with E-state index >= 15 is 0 Å². The number of rotatable bonds is 5. The van der Waals surface area contributed by atoms with E-state index in [0.29, 0.717) is 35.8 Å². The lowest BCUT2D eigenvalue weighted by atomic mass is 9.98. The number of aryl methyl sites for hydroxylation is 1. The molecule has 1 aliphatic rings. The topological polar surface area (TPSA) is 75.7 Å². The number of carbonyl (C=O) groups excluding carboxylic acids is 1. The van der Waals surface area contributed by atoms with Crippen LogP contribution in [0.5, 0.6) is 5.75 Å². The molecule has 2 aromatic carbocycles. The summed E-state index contributed by atoms with van der Waals surface area (Å²) >= 11 is 6.11. The molecular weight excluding hydrogens is 400 g/mol. The van der Waals surface area contributed by atoms with E-state index in [0.717, 1.165) is 5.56 Å². The molecule has 2 aromatic rings. The molecule has 8 heteroatoms. The highest BCUT2D eigenvalue weighted by Gasteiger charge is 2.33. The highest BCUT2D eigenvalue weighted by Crippen LogP contribution is 2.26. The van der Waals surface area contributed by atoms with Crippen LogP contribution in [0.15, 0.2) is 47.4 Å². The summed E-state index contributed by atoms with van der Waals surface area (Å²) in [6, 6.07) is 11.6. The van der Waals surface area contributed by atoms with Crippen LogP contribution in [0.25, 0.3) is 0 Å². The Bertz CT molecular complexity index is 961. The summed E-state index contributed by atoms with van der Waals surface area (Å²) in [7, 11) is -2.14. The van der Waals surface area contributed by atoms with Crippen molar-refractivity contribution >= 4 is 33.2 Å². The van der Waals surface area contributed by atoms with Gasteiger partial charge < -0.3 is 10.1 Å². The van der Waals surface area contributed by atoms with Gasteiger partial charge in [-0.15, -0.1) is 0 Å². The molecule has 1 N–H and O–H groups in total. The summed E-state index contributed by atoms with van der Waals surface area (Å²) in [5.41, 5.74) is 1.53. The second-order valence-electron chi connectivity index (χ2n) is 6.83. The molecule has 1 amide bonds. The average Bonchev–Trinajstić information content (AvgIpc) is 2.71. The van der Waals surface area contributed by atoms with E-state index in [1.807, 2.05) is 13.0 Å². The molecule has 1 aliphatic heterocycles. The molecule has 28 heavy (non-hydrogen) atoms. The van der Waals surface area contributed by atoms with Gasteiger partial charge in [0.15, 0.2) is 0 Å². The molecular formula is C20H23ClN2O4S. The number of nitrogens with one attached hydrogen (secondary N) is 1. The summed E-state index contributed by atoms with van der Waals surface area (Å²) in [5.74, 6) is -0.0250. The van der Waals surface area contributed by atoms with Crippen LogP contribution >= 0.6 is 11.6 Å². The summed E-state index contributed by atoms with van der Waals surface area (Å²) < 4.78 is 32.3. The highest BCUT2D eigenvalue weighted by molar-refractivity contribution is 7.89. The van der Waals surface area contributed by atoms with Crippen molar-refractivity contribution in [2.45, 2.75) is 24.7 Å². The van der Waals surface area contributed by atoms with Crippen molar-refractivity contribution in [3.8, 4) is 5.75 Å². The minimum Gasteiger partial charge on any atom is -0.497 e. The van der Waals surface area contributed by atoms with E-state index in [1.165, 1.54) is 23.5 Å². The summed E-state index contributed by atoms with van der Waals surface area (Å²) in [6.45, 7) is 2.44. The zero-order valence-corrected chi connectivity index (χ0v) is 17.4. The van der Waals surface area contributed by atoms with Crippen LogP contribution in [0.2, 0.25) is 5.02 Å². The van der Waals surface area contributed by atoms with Gasteiger partial charge in [0, 0.05) is 23.8 Å². The van der Waals surface area contributed by atoms with Crippen molar-refractivity contribution in [1.82, 2.24) is 4.31 Å². The molecule has 6 nitrogen and oxygen atoms in total. The van der Waals surface area contributed by atoms with Crippen LogP contribution in [-0.4, -0.2) is 38.8 Å². The third-order valence-corrected chi connectivity index (χ3v) is 7.18. The standard InChI is InChI=1S/C20H23ClN2O4S/c1-14-5-6-16(12-19(14)21)22-20(24)15-4-3-11-23(13-15)28(25,26)18-9-7-17(27-2)8-10-18/h5-10,12,15H,3-4,11,13H2,1-2H3,(H,22,24)/t15-/m1/s1. The Morgan fingerprint density at radius 1 is 1.21 bits per heavy atom. The van der Waals surface area contributed by atoms with E-state index in [-0.39, 0.29) is 17.3 Å². The van der Waals surface area contributed by atoms with Gasteiger partial charge in [-0.2, -0.15) is 4.31 Å². The quantitative estimate of drug-likeness (QED) is 0.797. The number of piperidine rings is 1. The van der Waals surface area contributed by atoms with Gasteiger partial charge in [-0.25, -0.2) is 8.42 Å². The number of anilines is 1. The van der Waals surface area contributed by atoms with E-state index in [9.17, 15) is 13.2 Å². The Balaban J connectivity index is 1.71. The van der Waals surface area contributed by atoms with E-state index < -0.39 is 15.9 Å². The van der Waals surface area contributed by atoms with Crippen LogP contribution in [0, 0.1) is 12.8 Å². The van der Waals surface area contributed by atoms with Crippen LogP contribution in [0.3, 0.4) is 0 Å². The van der Waals surface area contributed by atoms with Crippen molar-refractivity contribution in [1.29, 1.82) is 0 Å². The smallest absolute Gasteiger partial charge is 0.243 e. The molecule has 1 saturated heterocycles. The van der Waals surface area contributed by atoms with Crippen LogP contribution in [0.4, 0.5) is 5.69 Å². The Hall–Kier alpha value is -2.09. The molecule has 0 unspecified atom stereocenters. The summed E-state index contributed by atoms with van der Waals surface area (Å²) in [5, 5.41) is 3.42. The number of nitrogens with zero attached hydrogens (tertiary/aromatic N) is 1. The molecule has 0 aliphatic carbocycles. The van der Waals surface area contributed by atoms with E-state index in [4.69, 9.17) is 16.3 Å². The molecule has 1 atom stereocenters. The van der Waals surface area contributed by atoms with Gasteiger partial charge >= 0.3 is 0 Å². The number of sulfonamides is 1. The summed E-state index contributed by atoms with van der Waals surface area (Å²) in [6.07, 6.45) is 1.27. The molecule has 1 heterocycles. The second kappa shape index (κ2) is 8.51. The first kappa shape index (κ1) is 20.6. The van der Waals surface area contributed by atoms with Crippen molar-refractivity contribution in [2.75, 3.05) is 25.5 Å². The Kier molecular flexibility index (Phi) is 6.27. The molecule has 1 fully saturated rings. The molecule has 3 rings (SSSR count). The average molecular weight is 423 g/mol. The molecule has 0 radical (unpaired) electrons. The fraction of sp³-hybridized carbons (Fsp3) is 0.350. The van der Waals surface area contributed by atoms with E-state index in [1.54, 1.807) is 24.3 Å². The largest absolute Gasteiger partial charge is 0.497 e. The van der Waals surface area contributed by atoms with Crippen LogP contribution in [-0.2, 0) is 14.8 Å². The SMILES string of the molecule is COc1ccc(S(=O)(=O)N2CCC[C@@H](C(=O)Nc3ccc(C)c(Cl)c3)C2)cc1. The lowest BCUT2D eigenvalue weighted by Gasteiger charge is -2.31. The predicted octanol–water partition coefficient (Wildman–Crippen LogP) is 3.70. The number of amides is 1. The molecule has 0 spiro atoms. The van der Waals surface area contributed by atoms with Crippen LogP contribution < -0.4 is 10.1 Å². The number of carbonyl (C=O) groups is 1. The Labute approximate surface area is 170 Å². The highest BCUT2D eigenvalue weighted by atomic mass is 35.5. The fourth-order valence-corrected chi connectivity index (χ4v) is 4.89. The third-order valence-electron chi connectivity index (χ3n) is 4.89. The van der Waals surface area contributed by atoms with Gasteiger partial charge in [-0.05, 0) is 61.7 Å². The normalized spacial score (nSPS) is 17.9. The Morgan fingerprint density at radius 3 is 2.57 bits per heavy atom.